The number of esters is 1. The number of halogens is 4. The maximum Gasteiger partial charge on any atom is 0.418 e. The second kappa shape index (κ2) is 10.5. The smallest absolute Gasteiger partial charge is 0.418 e. The molecule has 196 valence electrons. The lowest BCUT2D eigenvalue weighted by atomic mass is 10.0. The van der Waals surface area contributed by atoms with E-state index in [0.717, 1.165) is 24.6 Å². The molecule has 1 unspecified atom stereocenters. The number of rotatable bonds is 6. The zero-order chi connectivity index (χ0) is 26.0. The second-order valence-electron chi connectivity index (χ2n) is 9.31. The van der Waals surface area contributed by atoms with E-state index in [4.69, 9.17) is 9.26 Å². The van der Waals surface area contributed by atoms with Gasteiger partial charge in [0.25, 0.3) is 5.89 Å². The van der Waals surface area contributed by atoms with E-state index in [1.54, 1.807) is 29.2 Å². The molecule has 0 bridgehead atoms. The van der Waals surface area contributed by atoms with Gasteiger partial charge in [-0.1, -0.05) is 17.3 Å². The molecule has 2 fully saturated rings. The normalized spacial score (nSPS) is 18.8. The summed E-state index contributed by atoms with van der Waals surface area (Å²) in [5.41, 5.74) is 0.727. The molecule has 3 aromatic rings. The van der Waals surface area contributed by atoms with Gasteiger partial charge in [-0.05, 0) is 61.7 Å². The van der Waals surface area contributed by atoms with Crippen LogP contribution in [0.25, 0.3) is 22.8 Å². The minimum Gasteiger partial charge on any atom is -0.461 e. The average Bonchev–Trinajstić information content (AvgIpc) is 3.60. The number of carbonyl (C=O) groups is 1. The summed E-state index contributed by atoms with van der Waals surface area (Å²) in [6.07, 6.45) is -4.42. The molecule has 0 radical (unpaired) electrons. The van der Waals surface area contributed by atoms with Gasteiger partial charge in [0.15, 0.2) is 0 Å². The van der Waals surface area contributed by atoms with Crippen LogP contribution in [-0.4, -0.2) is 48.5 Å². The minimum absolute atomic E-state index is 0.0207. The number of piperidine rings is 1. The summed E-state index contributed by atoms with van der Waals surface area (Å²) in [5.74, 6) is -0.173. The maximum absolute atomic E-state index is 13.9. The van der Waals surface area contributed by atoms with E-state index < -0.39 is 17.9 Å². The fourth-order valence-electron chi connectivity index (χ4n) is 4.60. The van der Waals surface area contributed by atoms with Gasteiger partial charge in [0, 0.05) is 36.4 Å². The van der Waals surface area contributed by atoms with Crippen LogP contribution in [0.3, 0.4) is 0 Å². The van der Waals surface area contributed by atoms with E-state index in [-0.39, 0.29) is 67.4 Å². The first-order chi connectivity index (χ1) is 17.8. The number of aromatic nitrogens is 2. The Balaban J connectivity index is 1.30. The Labute approximate surface area is 210 Å². The van der Waals surface area contributed by atoms with Crippen LogP contribution < -0.4 is 10.2 Å². The summed E-state index contributed by atoms with van der Waals surface area (Å²) in [4.78, 5) is 17.9. The number of alkyl halides is 4. The van der Waals surface area contributed by atoms with E-state index in [2.05, 4.69) is 15.5 Å². The Bertz CT molecular complexity index is 1230. The largest absolute Gasteiger partial charge is 0.461 e. The molecule has 2 aromatic carbocycles. The Hall–Kier alpha value is -3.47. The molecule has 0 saturated carbocycles. The summed E-state index contributed by atoms with van der Waals surface area (Å²) in [7, 11) is 0. The van der Waals surface area contributed by atoms with Crippen molar-refractivity contribution in [3.05, 3.63) is 53.6 Å². The SMILES string of the molecule is O=C(OCc1ccc(-c2nc(-c3ccc(N4CCC(F)CC4)c(C(F)(F)F)c3)no2)cc1)C1CCNC1. The molecular weight excluding hydrogens is 492 g/mol. The van der Waals surface area contributed by atoms with Gasteiger partial charge in [0.1, 0.15) is 12.8 Å². The standard InChI is InChI=1S/C26H26F4N4O3/c27-20-8-11-34(12-9-20)22-6-5-18(13-21(22)26(28,29)30)23-32-24(37-33-23)17-3-1-16(2-4-17)15-36-25(35)19-7-10-31-14-19/h1-6,13,19-20,31H,7-12,14-15H2. The molecule has 11 heteroatoms. The Morgan fingerprint density at radius 2 is 1.81 bits per heavy atom. The third-order valence-corrected chi connectivity index (χ3v) is 6.73. The monoisotopic (exact) mass is 518 g/mol. The van der Waals surface area contributed by atoms with Crippen LogP contribution >= 0.6 is 0 Å². The number of hydrogen-bond donors (Lipinski definition) is 1. The van der Waals surface area contributed by atoms with Crippen molar-refractivity contribution in [2.24, 2.45) is 5.92 Å². The number of nitrogens with one attached hydrogen (secondary N) is 1. The number of anilines is 1. The topological polar surface area (TPSA) is 80.5 Å². The molecular formula is C26H26F4N4O3. The minimum atomic E-state index is -4.60. The summed E-state index contributed by atoms with van der Waals surface area (Å²) in [5, 5.41) is 7.00. The molecule has 1 atom stereocenters. The van der Waals surface area contributed by atoms with Crippen molar-refractivity contribution in [2.75, 3.05) is 31.1 Å². The molecule has 1 N–H and O–H groups in total. The van der Waals surface area contributed by atoms with Crippen LogP contribution in [0.4, 0.5) is 23.2 Å². The number of benzene rings is 2. The zero-order valence-corrected chi connectivity index (χ0v) is 19.9. The van der Waals surface area contributed by atoms with Crippen molar-refractivity contribution in [2.45, 2.75) is 38.2 Å². The van der Waals surface area contributed by atoms with Crippen molar-refractivity contribution in [3.63, 3.8) is 0 Å². The summed E-state index contributed by atoms with van der Waals surface area (Å²) >= 11 is 0. The van der Waals surface area contributed by atoms with Crippen molar-refractivity contribution in [3.8, 4) is 22.8 Å². The van der Waals surface area contributed by atoms with Gasteiger partial charge >= 0.3 is 12.1 Å². The van der Waals surface area contributed by atoms with Crippen molar-refractivity contribution in [1.29, 1.82) is 0 Å². The van der Waals surface area contributed by atoms with E-state index in [0.29, 0.717) is 12.1 Å². The van der Waals surface area contributed by atoms with E-state index in [9.17, 15) is 22.4 Å². The van der Waals surface area contributed by atoms with Crippen LogP contribution in [0.5, 0.6) is 0 Å². The van der Waals surface area contributed by atoms with E-state index in [1.807, 2.05) is 0 Å². The fourth-order valence-corrected chi connectivity index (χ4v) is 4.60. The van der Waals surface area contributed by atoms with Crippen molar-refractivity contribution >= 4 is 11.7 Å². The highest BCUT2D eigenvalue weighted by Gasteiger charge is 2.36. The van der Waals surface area contributed by atoms with Crippen molar-refractivity contribution < 1.29 is 31.6 Å². The van der Waals surface area contributed by atoms with Crippen molar-refractivity contribution in [1.82, 2.24) is 15.5 Å². The number of hydrogen-bond acceptors (Lipinski definition) is 7. The van der Waals surface area contributed by atoms with E-state index in [1.165, 1.54) is 12.1 Å². The lowest BCUT2D eigenvalue weighted by Crippen LogP contribution is -2.35. The Kier molecular flexibility index (Phi) is 7.14. The zero-order valence-electron chi connectivity index (χ0n) is 19.9. The van der Waals surface area contributed by atoms with Gasteiger partial charge in [0.2, 0.25) is 5.82 Å². The van der Waals surface area contributed by atoms with Gasteiger partial charge in [-0.3, -0.25) is 4.79 Å². The molecule has 7 nitrogen and oxygen atoms in total. The molecule has 5 rings (SSSR count). The molecule has 2 aliphatic rings. The van der Waals surface area contributed by atoms with Gasteiger partial charge in [-0.2, -0.15) is 18.2 Å². The van der Waals surface area contributed by atoms with Crippen LogP contribution in [0.15, 0.2) is 47.0 Å². The second-order valence-corrected chi connectivity index (χ2v) is 9.31. The number of carbonyl (C=O) groups excluding carboxylic acids is 1. The van der Waals surface area contributed by atoms with Crippen LogP contribution in [0, 0.1) is 5.92 Å². The highest BCUT2D eigenvalue weighted by atomic mass is 19.4. The molecule has 0 aliphatic carbocycles. The maximum atomic E-state index is 13.9. The number of nitrogens with zero attached hydrogens (tertiary/aromatic N) is 3. The first-order valence-electron chi connectivity index (χ1n) is 12.2. The summed E-state index contributed by atoms with van der Waals surface area (Å²) in [6, 6.07) is 10.9. The molecule has 1 aromatic heterocycles. The fraction of sp³-hybridized carbons (Fsp3) is 0.423. The van der Waals surface area contributed by atoms with E-state index >= 15 is 0 Å². The molecule has 2 aliphatic heterocycles. The van der Waals surface area contributed by atoms with Gasteiger partial charge < -0.3 is 19.5 Å². The van der Waals surface area contributed by atoms with Crippen LogP contribution in [0.1, 0.15) is 30.4 Å². The van der Waals surface area contributed by atoms with Gasteiger partial charge in [0.05, 0.1) is 11.5 Å². The lowest BCUT2D eigenvalue weighted by molar-refractivity contribution is -0.149. The highest BCUT2D eigenvalue weighted by molar-refractivity contribution is 5.73. The first-order valence-corrected chi connectivity index (χ1v) is 12.2. The predicted octanol–water partition coefficient (Wildman–Crippen LogP) is 5.01. The average molecular weight is 519 g/mol. The molecule has 0 amide bonds. The third-order valence-electron chi connectivity index (χ3n) is 6.73. The summed E-state index contributed by atoms with van der Waals surface area (Å²) in [6.45, 7) is 2.02. The molecule has 37 heavy (non-hydrogen) atoms. The number of ether oxygens (including phenoxy) is 1. The van der Waals surface area contributed by atoms with Crippen LogP contribution in [0.2, 0.25) is 0 Å². The molecule has 0 spiro atoms. The molecule has 3 heterocycles. The Morgan fingerprint density at radius 1 is 1.08 bits per heavy atom. The third kappa shape index (κ3) is 5.76. The quantitative estimate of drug-likeness (QED) is 0.363. The van der Waals surface area contributed by atoms with Crippen LogP contribution in [-0.2, 0) is 22.3 Å². The Morgan fingerprint density at radius 3 is 2.49 bits per heavy atom. The predicted molar refractivity (Wildman–Crippen MR) is 127 cm³/mol. The van der Waals surface area contributed by atoms with Gasteiger partial charge in [-0.15, -0.1) is 0 Å². The highest BCUT2D eigenvalue weighted by Crippen LogP contribution is 2.40. The summed E-state index contributed by atoms with van der Waals surface area (Å²) < 4.78 is 65.8. The molecule has 2 saturated heterocycles. The lowest BCUT2D eigenvalue weighted by Gasteiger charge is -2.32. The van der Waals surface area contributed by atoms with Gasteiger partial charge in [-0.25, -0.2) is 4.39 Å². The first kappa shape index (κ1) is 25.2.